The SMILES string of the molecule is COc1ccc(C(CN)N2CCCOC(C)C2)cc1F. The highest BCUT2D eigenvalue weighted by molar-refractivity contribution is 5.31. The fraction of sp³-hybridized carbons (Fsp3) is 0.600. The van der Waals surface area contributed by atoms with Gasteiger partial charge in [0, 0.05) is 32.3 Å². The standard InChI is InChI=1S/C15H23FN2O2/c1-11-10-18(6-3-7-20-11)14(9-17)12-4-5-15(19-2)13(16)8-12/h4-5,8,11,14H,3,6-7,9-10,17H2,1-2H3. The van der Waals surface area contributed by atoms with Crippen molar-refractivity contribution in [1.29, 1.82) is 0 Å². The molecule has 0 bridgehead atoms. The second-order valence-electron chi connectivity index (χ2n) is 5.18. The Morgan fingerprint density at radius 1 is 1.55 bits per heavy atom. The maximum atomic E-state index is 13.9. The summed E-state index contributed by atoms with van der Waals surface area (Å²) in [6, 6.07) is 5.08. The molecule has 1 aliphatic heterocycles. The second-order valence-corrected chi connectivity index (χ2v) is 5.18. The molecule has 0 saturated carbocycles. The van der Waals surface area contributed by atoms with Crippen molar-refractivity contribution < 1.29 is 13.9 Å². The zero-order chi connectivity index (χ0) is 14.5. The van der Waals surface area contributed by atoms with E-state index in [1.54, 1.807) is 6.07 Å². The van der Waals surface area contributed by atoms with Crippen LogP contribution in [0, 0.1) is 5.82 Å². The minimum atomic E-state index is -0.345. The van der Waals surface area contributed by atoms with Gasteiger partial charge in [-0.15, -0.1) is 0 Å². The van der Waals surface area contributed by atoms with E-state index >= 15 is 0 Å². The van der Waals surface area contributed by atoms with E-state index in [1.165, 1.54) is 13.2 Å². The molecule has 5 heteroatoms. The number of nitrogens with zero attached hydrogens (tertiary/aromatic N) is 1. The Morgan fingerprint density at radius 2 is 2.35 bits per heavy atom. The van der Waals surface area contributed by atoms with Crippen LogP contribution >= 0.6 is 0 Å². The van der Waals surface area contributed by atoms with Gasteiger partial charge in [0.2, 0.25) is 0 Å². The van der Waals surface area contributed by atoms with Gasteiger partial charge < -0.3 is 15.2 Å². The summed E-state index contributed by atoms with van der Waals surface area (Å²) in [5, 5.41) is 0. The molecule has 1 aromatic carbocycles. The topological polar surface area (TPSA) is 47.7 Å². The number of ether oxygens (including phenoxy) is 2. The predicted molar refractivity (Wildman–Crippen MR) is 76.4 cm³/mol. The molecular formula is C15H23FN2O2. The number of halogens is 1. The van der Waals surface area contributed by atoms with Gasteiger partial charge in [0.25, 0.3) is 0 Å². The zero-order valence-electron chi connectivity index (χ0n) is 12.1. The van der Waals surface area contributed by atoms with Crippen molar-refractivity contribution in [3.05, 3.63) is 29.6 Å². The van der Waals surface area contributed by atoms with Crippen LogP contribution in [0.1, 0.15) is 24.9 Å². The first-order valence-corrected chi connectivity index (χ1v) is 7.05. The Hall–Kier alpha value is -1.17. The van der Waals surface area contributed by atoms with Crippen LogP contribution in [-0.4, -0.2) is 44.4 Å². The molecule has 0 radical (unpaired) electrons. The summed E-state index contributed by atoms with van der Waals surface area (Å²) in [6.45, 7) is 5.01. The van der Waals surface area contributed by atoms with Crippen molar-refractivity contribution >= 4 is 0 Å². The highest BCUT2D eigenvalue weighted by Crippen LogP contribution is 2.26. The summed E-state index contributed by atoms with van der Waals surface area (Å²) in [7, 11) is 1.46. The first-order valence-electron chi connectivity index (χ1n) is 7.05. The molecule has 2 unspecified atom stereocenters. The fourth-order valence-corrected chi connectivity index (χ4v) is 2.70. The van der Waals surface area contributed by atoms with E-state index < -0.39 is 0 Å². The van der Waals surface area contributed by atoms with Crippen molar-refractivity contribution in [3.63, 3.8) is 0 Å². The summed E-state index contributed by atoms with van der Waals surface area (Å²) < 4.78 is 24.5. The Labute approximate surface area is 119 Å². The van der Waals surface area contributed by atoms with E-state index in [2.05, 4.69) is 11.8 Å². The highest BCUT2D eigenvalue weighted by atomic mass is 19.1. The summed E-state index contributed by atoms with van der Waals surface area (Å²) in [4.78, 5) is 2.28. The fourth-order valence-electron chi connectivity index (χ4n) is 2.70. The predicted octanol–water partition coefficient (Wildman–Crippen LogP) is 1.94. The van der Waals surface area contributed by atoms with Crippen molar-refractivity contribution in [3.8, 4) is 5.75 Å². The average molecular weight is 282 g/mol. The molecule has 112 valence electrons. The molecule has 0 aromatic heterocycles. The van der Waals surface area contributed by atoms with E-state index in [9.17, 15) is 4.39 Å². The Bertz CT molecular complexity index is 442. The van der Waals surface area contributed by atoms with Gasteiger partial charge in [-0.2, -0.15) is 0 Å². The van der Waals surface area contributed by atoms with Crippen LogP contribution in [0.4, 0.5) is 4.39 Å². The molecule has 0 spiro atoms. The highest BCUT2D eigenvalue weighted by Gasteiger charge is 2.24. The van der Waals surface area contributed by atoms with Gasteiger partial charge in [-0.1, -0.05) is 6.07 Å². The smallest absolute Gasteiger partial charge is 0.165 e. The molecule has 1 aliphatic rings. The van der Waals surface area contributed by atoms with E-state index in [-0.39, 0.29) is 23.7 Å². The summed E-state index contributed by atoms with van der Waals surface area (Å²) in [6.07, 6.45) is 1.15. The van der Waals surface area contributed by atoms with Crippen molar-refractivity contribution in [2.75, 3.05) is 33.4 Å². The van der Waals surface area contributed by atoms with Gasteiger partial charge in [-0.3, -0.25) is 4.90 Å². The number of hydrogen-bond acceptors (Lipinski definition) is 4. The van der Waals surface area contributed by atoms with Crippen LogP contribution in [0.3, 0.4) is 0 Å². The lowest BCUT2D eigenvalue weighted by atomic mass is 10.0. The van der Waals surface area contributed by atoms with Gasteiger partial charge >= 0.3 is 0 Å². The molecule has 20 heavy (non-hydrogen) atoms. The molecular weight excluding hydrogens is 259 g/mol. The lowest BCUT2D eigenvalue weighted by molar-refractivity contribution is 0.0611. The third kappa shape index (κ3) is 3.48. The Morgan fingerprint density at radius 3 is 3.00 bits per heavy atom. The van der Waals surface area contributed by atoms with E-state index in [0.717, 1.165) is 31.7 Å². The molecule has 1 saturated heterocycles. The molecule has 4 nitrogen and oxygen atoms in total. The van der Waals surface area contributed by atoms with E-state index in [1.807, 2.05) is 6.07 Å². The van der Waals surface area contributed by atoms with E-state index in [0.29, 0.717) is 6.54 Å². The molecule has 1 aromatic rings. The average Bonchev–Trinajstić information content (AvgIpc) is 2.65. The van der Waals surface area contributed by atoms with Gasteiger partial charge in [0.1, 0.15) is 0 Å². The Balaban J connectivity index is 2.20. The lowest BCUT2D eigenvalue weighted by Crippen LogP contribution is -2.37. The quantitative estimate of drug-likeness (QED) is 0.917. The number of rotatable bonds is 4. The zero-order valence-corrected chi connectivity index (χ0v) is 12.1. The molecule has 2 rings (SSSR count). The van der Waals surface area contributed by atoms with Crippen LogP contribution in [-0.2, 0) is 4.74 Å². The first-order chi connectivity index (χ1) is 9.65. The molecule has 2 N–H and O–H groups in total. The maximum absolute atomic E-state index is 13.9. The number of benzene rings is 1. The van der Waals surface area contributed by atoms with Gasteiger partial charge in [0.15, 0.2) is 11.6 Å². The van der Waals surface area contributed by atoms with Crippen LogP contribution < -0.4 is 10.5 Å². The molecule has 0 amide bonds. The van der Waals surface area contributed by atoms with Crippen LogP contribution in [0.2, 0.25) is 0 Å². The number of nitrogens with two attached hydrogens (primary N) is 1. The largest absolute Gasteiger partial charge is 0.494 e. The summed E-state index contributed by atoms with van der Waals surface area (Å²) in [5.74, 6) is -0.0836. The maximum Gasteiger partial charge on any atom is 0.165 e. The normalized spacial score (nSPS) is 22.3. The van der Waals surface area contributed by atoms with Crippen LogP contribution in [0.5, 0.6) is 5.75 Å². The summed E-state index contributed by atoms with van der Waals surface area (Å²) in [5.41, 5.74) is 6.81. The van der Waals surface area contributed by atoms with Gasteiger partial charge in [0.05, 0.1) is 13.2 Å². The molecule has 2 atom stereocenters. The van der Waals surface area contributed by atoms with Gasteiger partial charge in [-0.25, -0.2) is 4.39 Å². The number of hydrogen-bond donors (Lipinski definition) is 1. The minimum absolute atomic E-state index is 0.0135. The number of methoxy groups -OCH3 is 1. The Kier molecular flexibility index (Phi) is 5.34. The second kappa shape index (κ2) is 7.02. The monoisotopic (exact) mass is 282 g/mol. The molecule has 1 fully saturated rings. The molecule has 0 aliphatic carbocycles. The van der Waals surface area contributed by atoms with Crippen molar-refractivity contribution in [1.82, 2.24) is 4.90 Å². The first kappa shape index (κ1) is 15.2. The van der Waals surface area contributed by atoms with Crippen molar-refractivity contribution in [2.24, 2.45) is 5.73 Å². The lowest BCUT2D eigenvalue weighted by Gasteiger charge is -2.31. The minimum Gasteiger partial charge on any atom is -0.494 e. The molecule has 1 heterocycles. The van der Waals surface area contributed by atoms with Crippen molar-refractivity contribution in [2.45, 2.75) is 25.5 Å². The van der Waals surface area contributed by atoms with Crippen LogP contribution in [0.25, 0.3) is 0 Å². The summed E-state index contributed by atoms with van der Waals surface area (Å²) >= 11 is 0. The van der Waals surface area contributed by atoms with Crippen LogP contribution in [0.15, 0.2) is 18.2 Å². The van der Waals surface area contributed by atoms with Gasteiger partial charge in [-0.05, 0) is 31.0 Å². The third-order valence-corrected chi connectivity index (χ3v) is 3.71. The third-order valence-electron chi connectivity index (χ3n) is 3.71. The van der Waals surface area contributed by atoms with E-state index in [4.69, 9.17) is 15.2 Å².